The molecule has 0 spiro atoms. The lowest BCUT2D eigenvalue weighted by Gasteiger charge is -2.34. The van der Waals surface area contributed by atoms with Gasteiger partial charge in [0.25, 0.3) is 0 Å². The van der Waals surface area contributed by atoms with Crippen LogP contribution in [0.5, 0.6) is 5.75 Å². The summed E-state index contributed by atoms with van der Waals surface area (Å²) < 4.78 is 44.7. The van der Waals surface area contributed by atoms with Crippen LogP contribution in [0.2, 0.25) is 0 Å². The van der Waals surface area contributed by atoms with Crippen LogP contribution in [0.25, 0.3) is 0 Å². The van der Waals surface area contributed by atoms with Gasteiger partial charge < -0.3 is 15.0 Å². The Labute approximate surface area is 180 Å². The van der Waals surface area contributed by atoms with Crippen molar-refractivity contribution in [1.82, 2.24) is 9.21 Å². The monoisotopic (exact) mass is 449 g/mol. The van der Waals surface area contributed by atoms with Gasteiger partial charge in [-0.3, -0.25) is 9.59 Å². The molecule has 0 bridgehead atoms. The molecule has 1 aliphatic rings. The number of carbonyl (C=O) groups is 2. The second kappa shape index (κ2) is 9.88. The van der Waals surface area contributed by atoms with Gasteiger partial charge in [0.2, 0.25) is 21.8 Å². The number of ether oxygens (including phenoxy) is 1. The zero-order valence-electron chi connectivity index (χ0n) is 17.1. The number of amides is 2. The number of halogens is 1. The van der Waals surface area contributed by atoms with E-state index in [4.69, 9.17) is 4.74 Å². The lowest BCUT2D eigenvalue weighted by molar-refractivity contribution is -0.133. The lowest BCUT2D eigenvalue weighted by atomic mass is 10.2. The quantitative estimate of drug-likeness (QED) is 0.698. The number of hydrogen-bond donors (Lipinski definition) is 1. The van der Waals surface area contributed by atoms with Gasteiger partial charge in [0.1, 0.15) is 11.6 Å². The summed E-state index contributed by atoms with van der Waals surface area (Å²) in [5.74, 6) is -0.320. The second-order valence-corrected chi connectivity index (χ2v) is 8.95. The third kappa shape index (κ3) is 5.80. The molecule has 0 atom stereocenters. The average Bonchev–Trinajstić information content (AvgIpc) is 2.78. The van der Waals surface area contributed by atoms with Crippen molar-refractivity contribution in [2.75, 3.05) is 38.6 Å². The molecule has 2 amide bonds. The van der Waals surface area contributed by atoms with Crippen molar-refractivity contribution in [2.45, 2.75) is 17.7 Å². The van der Waals surface area contributed by atoms with E-state index in [1.807, 2.05) is 0 Å². The Balaban J connectivity index is 1.46. The molecular formula is C21H24FN3O5S. The Kier molecular flexibility index (Phi) is 7.24. The summed E-state index contributed by atoms with van der Waals surface area (Å²) in [5.41, 5.74) is 0.609. The summed E-state index contributed by atoms with van der Waals surface area (Å²) in [6.07, 6.45) is 0.0612. The highest BCUT2D eigenvalue weighted by Gasteiger charge is 2.30. The van der Waals surface area contributed by atoms with E-state index in [-0.39, 0.29) is 55.7 Å². The van der Waals surface area contributed by atoms with Crippen molar-refractivity contribution in [2.24, 2.45) is 0 Å². The van der Waals surface area contributed by atoms with Gasteiger partial charge in [-0.25, -0.2) is 12.8 Å². The topological polar surface area (TPSA) is 96.0 Å². The van der Waals surface area contributed by atoms with Crippen molar-refractivity contribution >= 4 is 27.5 Å². The van der Waals surface area contributed by atoms with Gasteiger partial charge in [0, 0.05) is 44.7 Å². The molecule has 31 heavy (non-hydrogen) atoms. The van der Waals surface area contributed by atoms with Crippen LogP contribution < -0.4 is 10.1 Å². The molecule has 0 aromatic heterocycles. The molecule has 166 valence electrons. The Morgan fingerprint density at radius 1 is 0.968 bits per heavy atom. The summed E-state index contributed by atoms with van der Waals surface area (Å²) >= 11 is 0. The first-order chi connectivity index (χ1) is 14.8. The van der Waals surface area contributed by atoms with Gasteiger partial charge in [-0.05, 0) is 48.5 Å². The van der Waals surface area contributed by atoms with Crippen LogP contribution >= 0.6 is 0 Å². The standard InChI is InChI=1S/C21H24FN3O5S/c1-30-18-6-4-17(5-7-18)23-20(26)10-11-21(27)24-12-14-25(15-13-24)31(28,29)19-8-2-16(22)3-9-19/h2-9H,10-15H2,1H3,(H,23,26). The van der Waals surface area contributed by atoms with Crippen LogP contribution in [0.15, 0.2) is 53.4 Å². The number of nitrogens with zero attached hydrogens (tertiary/aromatic N) is 2. The van der Waals surface area contributed by atoms with Crippen molar-refractivity contribution in [3.63, 3.8) is 0 Å². The molecule has 0 radical (unpaired) electrons. The SMILES string of the molecule is COc1ccc(NC(=O)CCC(=O)N2CCN(S(=O)(=O)c3ccc(F)cc3)CC2)cc1. The number of methoxy groups -OCH3 is 1. The largest absolute Gasteiger partial charge is 0.497 e. The number of hydrogen-bond acceptors (Lipinski definition) is 5. The summed E-state index contributed by atoms with van der Waals surface area (Å²) in [6.45, 7) is 0.756. The van der Waals surface area contributed by atoms with E-state index in [1.165, 1.54) is 16.4 Å². The first-order valence-corrected chi connectivity index (χ1v) is 11.2. The van der Waals surface area contributed by atoms with Crippen LogP contribution in [-0.4, -0.2) is 62.7 Å². The normalized spacial score (nSPS) is 14.8. The molecule has 2 aromatic carbocycles. The molecule has 0 unspecified atom stereocenters. The fraction of sp³-hybridized carbons (Fsp3) is 0.333. The van der Waals surface area contributed by atoms with Crippen molar-refractivity contribution in [3.05, 3.63) is 54.3 Å². The van der Waals surface area contributed by atoms with E-state index in [1.54, 1.807) is 36.3 Å². The van der Waals surface area contributed by atoms with E-state index in [9.17, 15) is 22.4 Å². The van der Waals surface area contributed by atoms with E-state index >= 15 is 0 Å². The third-order valence-corrected chi connectivity index (χ3v) is 6.90. The Morgan fingerprint density at radius 3 is 2.16 bits per heavy atom. The maximum atomic E-state index is 13.1. The van der Waals surface area contributed by atoms with Gasteiger partial charge in [-0.2, -0.15) is 4.31 Å². The van der Waals surface area contributed by atoms with E-state index in [0.717, 1.165) is 12.1 Å². The van der Waals surface area contributed by atoms with Crippen LogP contribution in [0, 0.1) is 5.82 Å². The molecular weight excluding hydrogens is 425 g/mol. The predicted molar refractivity (Wildman–Crippen MR) is 113 cm³/mol. The number of anilines is 1. The van der Waals surface area contributed by atoms with Gasteiger partial charge in [0.05, 0.1) is 12.0 Å². The highest BCUT2D eigenvalue weighted by atomic mass is 32.2. The fourth-order valence-electron chi connectivity index (χ4n) is 3.21. The molecule has 1 saturated heterocycles. The first-order valence-electron chi connectivity index (χ1n) is 9.77. The maximum Gasteiger partial charge on any atom is 0.243 e. The zero-order valence-corrected chi connectivity index (χ0v) is 17.9. The summed E-state index contributed by atoms with van der Waals surface area (Å²) in [5, 5.41) is 2.72. The smallest absolute Gasteiger partial charge is 0.243 e. The molecule has 10 heteroatoms. The van der Waals surface area contributed by atoms with Crippen LogP contribution in [-0.2, 0) is 19.6 Å². The number of sulfonamides is 1. The zero-order chi connectivity index (χ0) is 22.4. The fourth-order valence-corrected chi connectivity index (χ4v) is 4.63. The lowest BCUT2D eigenvalue weighted by Crippen LogP contribution is -2.50. The van der Waals surface area contributed by atoms with Crippen molar-refractivity contribution in [1.29, 1.82) is 0 Å². The number of piperazine rings is 1. The van der Waals surface area contributed by atoms with E-state index in [2.05, 4.69) is 5.32 Å². The molecule has 1 heterocycles. The minimum absolute atomic E-state index is 0.0175. The minimum atomic E-state index is -3.74. The molecule has 1 fully saturated rings. The summed E-state index contributed by atoms with van der Waals surface area (Å²) in [7, 11) is -2.18. The molecule has 2 aromatic rings. The Hall–Kier alpha value is -2.98. The van der Waals surface area contributed by atoms with Gasteiger partial charge >= 0.3 is 0 Å². The average molecular weight is 450 g/mol. The second-order valence-electron chi connectivity index (χ2n) is 7.02. The summed E-state index contributed by atoms with van der Waals surface area (Å²) in [4.78, 5) is 26.1. The van der Waals surface area contributed by atoms with Crippen molar-refractivity contribution < 1.29 is 27.1 Å². The van der Waals surface area contributed by atoms with Crippen LogP contribution in [0.3, 0.4) is 0 Å². The Bertz CT molecular complexity index is 1020. The number of carbonyl (C=O) groups excluding carboxylic acids is 2. The molecule has 8 nitrogen and oxygen atoms in total. The van der Waals surface area contributed by atoms with E-state index in [0.29, 0.717) is 11.4 Å². The van der Waals surface area contributed by atoms with Crippen LogP contribution in [0.1, 0.15) is 12.8 Å². The first kappa shape index (κ1) is 22.7. The Morgan fingerprint density at radius 2 is 1.58 bits per heavy atom. The molecule has 0 aliphatic carbocycles. The highest BCUT2D eigenvalue weighted by Crippen LogP contribution is 2.19. The van der Waals surface area contributed by atoms with Gasteiger partial charge in [0.15, 0.2) is 0 Å². The summed E-state index contributed by atoms with van der Waals surface area (Å²) in [6, 6.07) is 11.5. The van der Waals surface area contributed by atoms with Crippen molar-refractivity contribution in [3.8, 4) is 5.75 Å². The number of benzene rings is 2. The van der Waals surface area contributed by atoms with Gasteiger partial charge in [-0.15, -0.1) is 0 Å². The van der Waals surface area contributed by atoms with E-state index < -0.39 is 15.8 Å². The maximum absolute atomic E-state index is 13.1. The van der Waals surface area contributed by atoms with Gasteiger partial charge in [-0.1, -0.05) is 0 Å². The third-order valence-electron chi connectivity index (χ3n) is 4.98. The molecule has 3 rings (SSSR count). The molecule has 1 aliphatic heterocycles. The number of nitrogens with one attached hydrogen (secondary N) is 1. The minimum Gasteiger partial charge on any atom is -0.497 e. The number of rotatable bonds is 7. The highest BCUT2D eigenvalue weighted by molar-refractivity contribution is 7.89. The molecule has 1 N–H and O–H groups in total. The van der Waals surface area contributed by atoms with Crippen LogP contribution in [0.4, 0.5) is 10.1 Å². The molecule has 0 saturated carbocycles. The predicted octanol–water partition coefficient (Wildman–Crippen LogP) is 2.09.